The number of aromatic nitrogens is 1. The SMILES string of the molecule is CCC1(c2cccc(N3CCOc4ncccc43)c2)C2=CN=NC2NC2=C1C(=O)CC(C)(C)C2. The lowest BCUT2D eigenvalue weighted by Crippen LogP contribution is -2.51. The van der Waals surface area contributed by atoms with Crippen molar-refractivity contribution >= 4 is 17.2 Å². The lowest BCUT2D eigenvalue weighted by atomic mass is 9.59. The van der Waals surface area contributed by atoms with Crippen molar-refractivity contribution in [2.75, 3.05) is 18.1 Å². The maximum absolute atomic E-state index is 13.7. The van der Waals surface area contributed by atoms with Gasteiger partial charge in [-0.05, 0) is 48.1 Å². The molecule has 0 bridgehead atoms. The van der Waals surface area contributed by atoms with Crippen LogP contribution in [-0.2, 0) is 10.2 Å². The molecule has 174 valence electrons. The Hall–Kier alpha value is -3.48. The molecule has 7 heteroatoms. The summed E-state index contributed by atoms with van der Waals surface area (Å²) in [6, 6.07) is 12.6. The number of nitrogens with one attached hydrogen (secondary N) is 1. The second-order valence-electron chi connectivity index (χ2n) is 10.3. The van der Waals surface area contributed by atoms with Crippen LogP contribution >= 0.6 is 0 Å². The van der Waals surface area contributed by atoms with Crippen molar-refractivity contribution in [3.63, 3.8) is 0 Å². The molecule has 0 saturated carbocycles. The minimum absolute atomic E-state index is 0.0777. The quantitative estimate of drug-likeness (QED) is 0.690. The van der Waals surface area contributed by atoms with Crippen LogP contribution in [0.2, 0.25) is 0 Å². The van der Waals surface area contributed by atoms with Gasteiger partial charge in [-0.15, -0.1) is 0 Å². The lowest BCUT2D eigenvalue weighted by molar-refractivity contribution is -0.119. The Morgan fingerprint density at radius 3 is 2.94 bits per heavy atom. The van der Waals surface area contributed by atoms with Gasteiger partial charge in [0.15, 0.2) is 11.9 Å². The molecule has 7 nitrogen and oxygen atoms in total. The number of Topliss-reactive ketones (excluding diaryl/α,β-unsaturated/α-hetero) is 1. The van der Waals surface area contributed by atoms with Crippen molar-refractivity contribution in [2.24, 2.45) is 15.6 Å². The van der Waals surface area contributed by atoms with Crippen molar-refractivity contribution in [2.45, 2.75) is 51.6 Å². The first-order valence-electron chi connectivity index (χ1n) is 12.0. The number of hydrogen-bond acceptors (Lipinski definition) is 7. The van der Waals surface area contributed by atoms with E-state index >= 15 is 0 Å². The lowest BCUT2D eigenvalue weighted by Gasteiger charge is -2.48. The van der Waals surface area contributed by atoms with E-state index in [0.29, 0.717) is 18.9 Å². The summed E-state index contributed by atoms with van der Waals surface area (Å²) in [5, 5.41) is 12.3. The number of pyridine rings is 1. The van der Waals surface area contributed by atoms with Gasteiger partial charge < -0.3 is 15.0 Å². The second-order valence-corrected chi connectivity index (χ2v) is 10.3. The fraction of sp³-hybridized carbons (Fsp3) is 0.407. The van der Waals surface area contributed by atoms with Crippen LogP contribution in [0.4, 0.5) is 11.4 Å². The monoisotopic (exact) mass is 455 g/mol. The number of ketones is 1. The van der Waals surface area contributed by atoms with Crippen molar-refractivity contribution < 1.29 is 9.53 Å². The maximum Gasteiger partial charge on any atom is 0.237 e. The molecule has 1 aromatic carbocycles. The molecule has 2 atom stereocenters. The van der Waals surface area contributed by atoms with E-state index in [4.69, 9.17) is 4.74 Å². The average molecular weight is 456 g/mol. The van der Waals surface area contributed by atoms with Crippen LogP contribution in [0.5, 0.6) is 5.88 Å². The summed E-state index contributed by atoms with van der Waals surface area (Å²) in [6.07, 6.45) is 5.53. The van der Waals surface area contributed by atoms with Crippen LogP contribution < -0.4 is 15.0 Å². The largest absolute Gasteiger partial charge is 0.474 e. The van der Waals surface area contributed by atoms with Crippen LogP contribution in [0.25, 0.3) is 0 Å². The summed E-state index contributed by atoms with van der Waals surface area (Å²) in [6.45, 7) is 7.80. The Balaban J connectivity index is 1.53. The van der Waals surface area contributed by atoms with Gasteiger partial charge in [-0.1, -0.05) is 32.9 Å². The number of carbonyl (C=O) groups excluding carboxylic acids is 1. The number of hydrogen-bond donors (Lipinski definition) is 1. The van der Waals surface area contributed by atoms with Crippen LogP contribution in [-0.4, -0.2) is 30.1 Å². The predicted molar refractivity (Wildman–Crippen MR) is 130 cm³/mol. The van der Waals surface area contributed by atoms with Crippen LogP contribution in [0.15, 0.2) is 75.9 Å². The molecular formula is C27H29N5O2. The van der Waals surface area contributed by atoms with E-state index in [1.807, 2.05) is 18.3 Å². The fourth-order valence-electron chi connectivity index (χ4n) is 6.15. The van der Waals surface area contributed by atoms with E-state index in [9.17, 15) is 4.79 Å². The van der Waals surface area contributed by atoms with Crippen molar-refractivity contribution in [1.29, 1.82) is 0 Å². The van der Waals surface area contributed by atoms with E-state index in [-0.39, 0.29) is 17.4 Å². The van der Waals surface area contributed by atoms with Gasteiger partial charge in [-0.2, -0.15) is 10.2 Å². The normalized spacial score (nSPS) is 26.8. The van der Waals surface area contributed by atoms with Gasteiger partial charge >= 0.3 is 0 Å². The highest BCUT2D eigenvalue weighted by Gasteiger charge is 2.53. The molecule has 1 N–H and O–H groups in total. The third-order valence-corrected chi connectivity index (χ3v) is 7.56. The van der Waals surface area contributed by atoms with E-state index < -0.39 is 5.41 Å². The van der Waals surface area contributed by atoms with Crippen molar-refractivity contribution in [1.82, 2.24) is 10.3 Å². The summed E-state index contributed by atoms with van der Waals surface area (Å²) in [5.41, 5.74) is 5.48. The molecule has 4 aliphatic rings. The first-order valence-corrected chi connectivity index (χ1v) is 12.0. The molecule has 2 unspecified atom stereocenters. The molecule has 34 heavy (non-hydrogen) atoms. The topological polar surface area (TPSA) is 79.2 Å². The first kappa shape index (κ1) is 21.1. The molecule has 4 heterocycles. The molecule has 0 amide bonds. The van der Waals surface area contributed by atoms with Crippen LogP contribution in [0, 0.1) is 5.41 Å². The number of allylic oxidation sites excluding steroid dienone is 2. The highest BCUT2D eigenvalue weighted by Crippen LogP contribution is 2.54. The number of fused-ring (bicyclic) bond motifs is 2. The Kier molecular flexibility index (Phi) is 4.66. The van der Waals surface area contributed by atoms with E-state index in [1.165, 1.54) is 0 Å². The summed E-state index contributed by atoms with van der Waals surface area (Å²) in [7, 11) is 0. The summed E-state index contributed by atoms with van der Waals surface area (Å²) in [4.78, 5) is 20.4. The molecular weight excluding hydrogens is 426 g/mol. The molecule has 6 rings (SSSR count). The van der Waals surface area contributed by atoms with Crippen molar-refractivity contribution in [3.05, 3.63) is 71.2 Å². The molecule has 0 spiro atoms. The van der Waals surface area contributed by atoms with Gasteiger partial charge in [-0.3, -0.25) is 4.79 Å². The van der Waals surface area contributed by atoms with Crippen molar-refractivity contribution in [3.8, 4) is 5.88 Å². The summed E-state index contributed by atoms with van der Waals surface area (Å²) < 4.78 is 5.78. The molecule has 0 fully saturated rings. The van der Waals surface area contributed by atoms with E-state index in [2.05, 4.69) is 70.5 Å². The number of benzene rings is 1. The number of nitrogens with zero attached hydrogens (tertiary/aromatic N) is 4. The third kappa shape index (κ3) is 3.02. The number of azo groups is 1. The Labute approximate surface area is 199 Å². The highest BCUT2D eigenvalue weighted by atomic mass is 16.5. The Morgan fingerprint density at radius 2 is 2.09 bits per heavy atom. The zero-order valence-corrected chi connectivity index (χ0v) is 19.8. The minimum atomic E-state index is -0.553. The first-order chi connectivity index (χ1) is 16.4. The number of rotatable bonds is 3. The standard InChI is InChI=1S/C27H29N5O2/c1-4-27(19-16-29-31-24(19)30-20-14-26(2,3)15-22(33)23(20)27)17-7-5-8-18(13-17)32-11-12-34-25-21(32)9-6-10-28-25/h5-10,13,16,24,30H,4,11-12,14-15H2,1-3H3. The number of carbonyl (C=O) groups is 1. The Morgan fingerprint density at radius 1 is 1.21 bits per heavy atom. The van der Waals surface area contributed by atoms with Gasteiger partial charge in [-0.25, -0.2) is 4.98 Å². The zero-order chi connectivity index (χ0) is 23.5. The maximum atomic E-state index is 13.7. The molecule has 0 saturated heterocycles. The molecule has 1 aliphatic carbocycles. The second kappa shape index (κ2) is 7.52. The van der Waals surface area contributed by atoms with Crippen LogP contribution in [0.1, 0.15) is 45.6 Å². The number of ether oxygens (including phenoxy) is 1. The van der Waals surface area contributed by atoms with Gasteiger partial charge in [0, 0.05) is 35.1 Å². The molecule has 3 aliphatic heterocycles. The van der Waals surface area contributed by atoms with Gasteiger partial charge in [0.1, 0.15) is 12.3 Å². The third-order valence-electron chi connectivity index (χ3n) is 7.56. The molecule has 2 aromatic rings. The van der Waals surface area contributed by atoms with Crippen LogP contribution in [0.3, 0.4) is 0 Å². The van der Waals surface area contributed by atoms with Gasteiger partial charge in [0.2, 0.25) is 5.88 Å². The van der Waals surface area contributed by atoms with E-state index in [1.54, 1.807) is 6.20 Å². The predicted octanol–water partition coefficient (Wildman–Crippen LogP) is 5.18. The summed E-state index contributed by atoms with van der Waals surface area (Å²) >= 11 is 0. The van der Waals surface area contributed by atoms with Gasteiger partial charge in [0.25, 0.3) is 0 Å². The Bertz CT molecular complexity index is 1280. The fourth-order valence-corrected chi connectivity index (χ4v) is 6.15. The smallest absolute Gasteiger partial charge is 0.237 e. The molecule has 0 radical (unpaired) electrons. The minimum Gasteiger partial charge on any atom is -0.474 e. The number of anilines is 2. The highest BCUT2D eigenvalue weighted by molar-refractivity contribution is 6.01. The van der Waals surface area contributed by atoms with E-state index in [0.717, 1.165) is 53.2 Å². The molecule has 1 aromatic heterocycles. The average Bonchev–Trinajstić information content (AvgIpc) is 3.30. The van der Waals surface area contributed by atoms with Gasteiger partial charge in [0.05, 0.1) is 18.2 Å². The summed E-state index contributed by atoms with van der Waals surface area (Å²) in [5.74, 6) is 0.871. The zero-order valence-electron chi connectivity index (χ0n) is 19.8.